The maximum Gasteiger partial charge on any atom is 0.223 e. The summed E-state index contributed by atoms with van der Waals surface area (Å²) in [6.45, 7) is 5.02. The molecule has 1 saturated heterocycles. The maximum absolute atomic E-state index is 12.4. The number of rotatable bonds is 5. The van der Waals surface area contributed by atoms with Gasteiger partial charge in [0.2, 0.25) is 5.91 Å². The summed E-state index contributed by atoms with van der Waals surface area (Å²) in [6, 6.07) is 14.6. The number of fused-ring (bicyclic) bond motifs is 3. The predicted octanol–water partition coefficient (Wildman–Crippen LogP) is 3.18. The van der Waals surface area contributed by atoms with Crippen LogP contribution in [0.3, 0.4) is 0 Å². The zero-order chi connectivity index (χ0) is 18.8. The minimum atomic E-state index is 0.265. The second-order valence-corrected chi connectivity index (χ2v) is 7.60. The molecule has 27 heavy (non-hydrogen) atoms. The van der Waals surface area contributed by atoms with E-state index < -0.39 is 0 Å². The van der Waals surface area contributed by atoms with E-state index in [-0.39, 0.29) is 5.91 Å². The van der Waals surface area contributed by atoms with Gasteiger partial charge in [0.05, 0.1) is 0 Å². The number of nitrogens with zero attached hydrogens (tertiary/aromatic N) is 3. The quantitative estimate of drug-likeness (QED) is 0.696. The van der Waals surface area contributed by atoms with Gasteiger partial charge in [-0.3, -0.25) is 9.69 Å². The Morgan fingerprint density at radius 1 is 1.00 bits per heavy atom. The van der Waals surface area contributed by atoms with Gasteiger partial charge >= 0.3 is 0 Å². The first-order valence-corrected chi connectivity index (χ1v) is 9.66. The summed E-state index contributed by atoms with van der Waals surface area (Å²) in [6.07, 6.45) is 0.587. The molecule has 1 aliphatic rings. The van der Waals surface area contributed by atoms with Gasteiger partial charge in [0.15, 0.2) is 0 Å². The van der Waals surface area contributed by atoms with Crippen LogP contribution < -0.4 is 0 Å². The van der Waals surface area contributed by atoms with Crippen LogP contribution in [0, 0.1) is 0 Å². The van der Waals surface area contributed by atoms with Crippen molar-refractivity contribution < 1.29 is 9.21 Å². The molecule has 0 bridgehead atoms. The zero-order valence-electron chi connectivity index (χ0n) is 16.1. The first kappa shape index (κ1) is 18.0. The number of furan rings is 1. The van der Waals surface area contributed by atoms with Crippen molar-refractivity contribution in [1.82, 2.24) is 14.7 Å². The third-order valence-electron chi connectivity index (χ3n) is 5.38. The summed E-state index contributed by atoms with van der Waals surface area (Å²) in [4.78, 5) is 18.9. The van der Waals surface area contributed by atoms with Gasteiger partial charge < -0.3 is 14.2 Å². The standard InChI is InChI=1S/C22H27N3O2/c1-23(2)12-14-25-15-13-24(11-10-21(25)26)16-17-6-5-8-19-18-7-3-4-9-20(18)27-22(17)19/h3-9H,10-16H2,1-2H3. The number of carbonyl (C=O) groups excluding carboxylic acids is 1. The van der Waals surface area contributed by atoms with Crippen LogP contribution in [0.25, 0.3) is 21.9 Å². The average molecular weight is 365 g/mol. The molecule has 3 aromatic rings. The molecule has 5 heteroatoms. The van der Waals surface area contributed by atoms with Crippen molar-refractivity contribution in [2.45, 2.75) is 13.0 Å². The first-order valence-electron chi connectivity index (χ1n) is 9.66. The molecule has 5 nitrogen and oxygen atoms in total. The highest BCUT2D eigenvalue weighted by molar-refractivity contribution is 6.05. The predicted molar refractivity (Wildman–Crippen MR) is 109 cm³/mol. The van der Waals surface area contributed by atoms with Crippen molar-refractivity contribution in [3.05, 3.63) is 48.0 Å². The van der Waals surface area contributed by atoms with Crippen LogP contribution >= 0.6 is 0 Å². The summed E-state index contributed by atoms with van der Waals surface area (Å²) in [5.41, 5.74) is 3.09. The minimum Gasteiger partial charge on any atom is -0.456 e. The number of hydrogen-bond acceptors (Lipinski definition) is 4. The zero-order valence-corrected chi connectivity index (χ0v) is 16.1. The monoisotopic (exact) mass is 365 g/mol. The van der Waals surface area contributed by atoms with E-state index in [1.807, 2.05) is 37.2 Å². The van der Waals surface area contributed by atoms with E-state index in [0.717, 1.165) is 55.8 Å². The molecular weight excluding hydrogens is 338 g/mol. The number of hydrogen-bond donors (Lipinski definition) is 0. The Hall–Kier alpha value is -2.37. The van der Waals surface area contributed by atoms with Gasteiger partial charge in [0, 0.05) is 62.0 Å². The fourth-order valence-electron chi connectivity index (χ4n) is 3.80. The van der Waals surface area contributed by atoms with E-state index in [4.69, 9.17) is 4.42 Å². The van der Waals surface area contributed by atoms with Gasteiger partial charge in [-0.05, 0) is 20.2 Å². The first-order chi connectivity index (χ1) is 13.1. The minimum absolute atomic E-state index is 0.265. The number of para-hydroxylation sites is 2. The SMILES string of the molecule is CN(C)CCN1CCN(Cc2cccc3c2oc2ccccc23)CCC1=O. The summed E-state index contributed by atoms with van der Waals surface area (Å²) in [5, 5.41) is 2.33. The van der Waals surface area contributed by atoms with Crippen molar-refractivity contribution >= 4 is 27.8 Å². The number of amides is 1. The van der Waals surface area contributed by atoms with Crippen LogP contribution in [0.15, 0.2) is 46.9 Å². The van der Waals surface area contributed by atoms with Crippen molar-refractivity contribution in [3.8, 4) is 0 Å². The highest BCUT2D eigenvalue weighted by Crippen LogP contribution is 2.31. The fraction of sp³-hybridized carbons (Fsp3) is 0.409. The molecule has 0 atom stereocenters. The normalized spacial score (nSPS) is 16.6. The van der Waals surface area contributed by atoms with Crippen molar-refractivity contribution in [2.24, 2.45) is 0 Å². The second kappa shape index (κ2) is 7.71. The lowest BCUT2D eigenvalue weighted by Crippen LogP contribution is -2.37. The molecule has 142 valence electrons. The third kappa shape index (κ3) is 3.84. The molecule has 2 aromatic carbocycles. The van der Waals surface area contributed by atoms with E-state index in [1.165, 1.54) is 10.9 Å². The Morgan fingerprint density at radius 2 is 1.81 bits per heavy atom. The van der Waals surface area contributed by atoms with Crippen LogP contribution in [0.5, 0.6) is 0 Å². The topological polar surface area (TPSA) is 39.9 Å². The highest BCUT2D eigenvalue weighted by Gasteiger charge is 2.21. The Labute approximate surface area is 160 Å². The fourth-order valence-corrected chi connectivity index (χ4v) is 3.80. The average Bonchev–Trinajstić information content (AvgIpc) is 2.96. The van der Waals surface area contributed by atoms with E-state index in [1.54, 1.807) is 0 Å². The number of likely N-dealkylation sites (N-methyl/N-ethyl adjacent to an activating group) is 1. The summed E-state index contributed by atoms with van der Waals surface area (Å²) in [5.74, 6) is 0.265. The Bertz CT molecular complexity index is 947. The molecule has 1 aromatic heterocycles. The van der Waals surface area contributed by atoms with Crippen molar-refractivity contribution in [3.63, 3.8) is 0 Å². The van der Waals surface area contributed by atoms with Gasteiger partial charge in [0.25, 0.3) is 0 Å². The Kier molecular flexibility index (Phi) is 5.14. The lowest BCUT2D eigenvalue weighted by atomic mass is 10.1. The molecule has 0 saturated carbocycles. The molecule has 0 unspecified atom stereocenters. The molecule has 1 aliphatic heterocycles. The largest absolute Gasteiger partial charge is 0.456 e. The molecule has 1 amide bonds. The van der Waals surface area contributed by atoms with Crippen LogP contribution in [0.4, 0.5) is 0 Å². The molecule has 0 spiro atoms. The van der Waals surface area contributed by atoms with Gasteiger partial charge in [-0.25, -0.2) is 0 Å². The Balaban J connectivity index is 1.52. The molecule has 2 heterocycles. The van der Waals surface area contributed by atoms with Gasteiger partial charge in [-0.15, -0.1) is 0 Å². The van der Waals surface area contributed by atoms with E-state index in [9.17, 15) is 4.79 Å². The van der Waals surface area contributed by atoms with Crippen LogP contribution in [0.2, 0.25) is 0 Å². The lowest BCUT2D eigenvalue weighted by molar-refractivity contribution is -0.130. The Morgan fingerprint density at radius 3 is 2.67 bits per heavy atom. The molecule has 0 radical (unpaired) electrons. The smallest absolute Gasteiger partial charge is 0.223 e. The van der Waals surface area contributed by atoms with E-state index in [0.29, 0.717) is 6.42 Å². The van der Waals surface area contributed by atoms with Crippen molar-refractivity contribution in [2.75, 3.05) is 46.8 Å². The van der Waals surface area contributed by atoms with Crippen molar-refractivity contribution in [1.29, 1.82) is 0 Å². The van der Waals surface area contributed by atoms with Crippen LogP contribution in [-0.4, -0.2) is 67.4 Å². The summed E-state index contributed by atoms with van der Waals surface area (Å²) >= 11 is 0. The van der Waals surface area contributed by atoms with Gasteiger partial charge in [-0.2, -0.15) is 0 Å². The third-order valence-corrected chi connectivity index (χ3v) is 5.38. The maximum atomic E-state index is 12.4. The molecule has 0 aliphatic carbocycles. The summed E-state index contributed by atoms with van der Waals surface area (Å²) in [7, 11) is 4.09. The second-order valence-electron chi connectivity index (χ2n) is 7.60. The van der Waals surface area contributed by atoms with E-state index in [2.05, 4.69) is 34.1 Å². The van der Waals surface area contributed by atoms with E-state index >= 15 is 0 Å². The van der Waals surface area contributed by atoms with Gasteiger partial charge in [0.1, 0.15) is 11.2 Å². The van der Waals surface area contributed by atoms with Crippen LogP contribution in [0.1, 0.15) is 12.0 Å². The molecular formula is C22H27N3O2. The molecule has 0 N–H and O–H groups in total. The number of carbonyl (C=O) groups is 1. The highest BCUT2D eigenvalue weighted by atomic mass is 16.3. The molecule has 4 rings (SSSR count). The molecule has 1 fully saturated rings. The summed E-state index contributed by atoms with van der Waals surface area (Å²) < 4.78 is 6.15. The number of benzene rings is 2. The lowest BCUT2D eigenvalue weighted by Gasteiger charge is -2.23. The van der Waals surface area contributed by atoms with Gasteiger partial charge in [-0.1, -0.05) is 36.4 Å². The van der Waals surface area contributed by atoms with Crippen LogP contribution in [-0.2, 0) is 11.3 Å².